The van der Waals surface area contributed by atoms with Crippen molar-refractivity contribution in [2.45, 2.75) is 25.6 Å². The van der Waals surface area contributed by atoms with Gasteiger partial charge in [-0.3, -0.25) is 4.79 Å². The summed E-state index contributed by atoms with van der Waals surface area (Å²) in [5.41, 5.74) is 0.749. The van der Waals surface area contributed by atoms with E-state index in [9.17, 15) is 22.8 Å². The molecule has 0 aromatic heterocycles. The summed E-state index contributed by atoms with van der Waals surface area (Å²) >= 11 is 0. The molecule has 0 aliphatic carbocycles. The maximum absolute atomic E-state index is 12.7. The SMILES string of the molecule is O=C1C=C(OCc2ccccc2)N(OC(=O)C(F)(F)F)CN1CC1CCCNC1. The summed E-state index contributed by atoms with van der Waals surface area (Å²) in [6, 6.07) is 8.89. The van der Waals surface area contributed by atoms with Gasteiger partial charge in [-0.2, -0.15) is 18.2 Å². The van der Waals surface area contributed by atoms with Gasteiger partial charge in [0.2, 0.25) is 5.88 Å². The summed E-state index contributed by atoms with van der Waals surface area (Å²) < 4.78 is 43.5. The number of hydrogen-bond donors (Lipinski definition) is 1. The molecule has 0 saturated carbocycles. The molecule has 1 unspecified atom stereocenters. The monoisotopic (exact) mass is 413 g/mol. The van der Waals surface area contributed by atoms with Crippen LogP contribution in [0, 0.1) is 5.92 Å². The molecule has 1 atom stereocenters. The Kier molecular flexibility index (Phi) is 6.63. The normalized spacial score (nSPS) is 20.3. The smallest absolute Gasteiger partial charge is 0.472 e. The van der Waals surface area contributed by atoms with Gasteiger partial charge in [0.05, 0.1) is 6.08 Å². The third-order valence-corrected chi connectivity index (χ3v) is 4.64. The average Bonchev–Trinajstić information content (AvgIpc) is 2.70. The Labute approximate surface area is 166 Å². The minimum atomic E-state index is -5.16. The number of halogens is 3. The number of rotatable bonds is 6. The van der Waals surface area contributed by atoms with Gasteiger partial charge in [0.1, 0.15) is 13.3 Å². The highest BCUT2D eigenvalue weighted by Crippen LogP contribution is 2.23. The first-order valence-corrected chi connectivity index (χ1v) is 9.27. The lowest BCUT2D eigenvalue weighted by molar-refractivity contribution is -0.247. The number of piperidine rings is 1. The van der Waals surface area contributed by atoms with Crippen molar-refractivity contribution in [2.24, 2.45) is 5.92 Å². The van der Waals surface area contributed by atoms with Crippen molar-refractivity contribution in [3.8, 4) is 0 Å². The molecule has 1 aromatic rings. The van der Waals surface area contributed by atoms with Crippen molar-refractivity contribution in [1.29, 1.82) is 0 Å². The number of amides is 1. The Morgan fingerprint density at radius 1 is 1.24 bits per heavy atom. The zero-order chi connectivity index (χ0) is 20.9. The van der Waals surface area contributed by atoms with E-state index in [4.69, 9.17) is 4.74 Å². The fraction of sp³-hybridized carbons (Fsp3) is 0.474. The molecule has 1 fully saturated rings. The number of hydrogen-bond acceptors (Lipinski definition) is 6. The molecule has 3 rings (SSSR count). The molecule has 1 amide bonds. The summed E-state index contributed by atoms with van der Waals surface area (Å²) in [5, 5.41) is 3.90. The van der Waals surface area contributed by atoms with Gasteiger partial charge in [-0.1, -0.05) is 30.3 Å². The van der Waals surface area contributed by atoms with E-state index in [1.54, 1.807) is 24.3 Å². The number of nitrogens with one attached hydrogen (secondary N) is 1. The van der Waals surface area contributed by atoms with Gasteiger partial charge >= 0.3 is 12.1 Å². The first-order chi connectivity index (χ1) is 13.8. The summed E-state index contributed by atoms with van der Waals surface area (Å²) in [6.07, 6.45) is -2.25. The lowest BCUT2D eigenvalue weighted by atomic mass is 9.99. The number of hydroxylamine groups is 2. The molecular weight excluding hydrogens is 391 g/mol. The van der Waals surface area contributed by atoms with Gasteiger partial charge in [0, 0.05) is 6.54 Å². The van der Waals surface area contributed by atoms with E-state index in [1.165, 1.54) is 4.90 Å². The van der Waals surface area contributed by atoms with E-state index < -0.39 is 18.1 Å². The van der Waals surface area contributed by atoms with Gasteiger partial charge in [-0.25, -0.2) is 4.79 Å². The highest BCUT2D eigenvalue weighted by atomic mass is 19.4. The minimum Gasteiger partial charge on any atom is -0.472 e. The quantitative estimate of drug-likeness (QED) is 0.771. The van der Waals surface area contributed by atoms with Gasteiger partial charge in [0.15, 0.2) is 0 Å². The Balaban J connectivity index is 1.72. The molecular formula is C19H22F3N3O4. The number of carbonyl (C=O) groups excluding carboxylic acids is 2. The number of carbonyl (C=O) groups is 2. The van der Waals surface area contributed by atoms with E-state index >= 15 is 0 Å². The highest BCUT2D eigenvalue weighted by Gasteiger charge is 2.44. The van der Waals surface area contributed by atoms with Gasteiger partial charge in [-0.15, -0.1) is 0 Å². The first-order valence-electron chi connectivity index (χ1n) is 9.27. The van der Waals surface area contributed by atoms with Crippen molar-refractivity contribution >= 4 is 11.9 Å². The van der Waals surface area contributed by atoms with E-state index in [1.807, 2.05) is 6.07 Å². The second-order valence-electron chi connectivity index (χ2n) is 6.93. The van der Waals surface area contributed by atoms with Crippen molar-refractivity contribution in [3.05, 3.63) is 47.9 Å². The molecule has 1 aromatic carbocycles. The van der Waals surface area contributed by atoms with Crippen LogP contribution in [0.5, 0.6) is 0 Å². The van der Waals surface area contributed by atoms with Crippen LogP contribution in [0.4, 0.5) is 13.2 Å². The molecule has 0 spiro atoms. The molecule has 1 N–H and O–H groups in total. The maximum Gasteiger partial charge on any atom is 0.493 e. The van der Waals surface area contributed by atoms with Crippen LogP contribution in [0.2, 0.25) is 0 Å². The fourth-order valence-corrected chi connectivity index (χ4v) is 3.17. The maximum atomic E-state index is 12.7. The largest absolute Gasteiger partial charge is 0.493 e. The molecule has 1 saturated heterocycles. The first kappa shape index (κ1) is 21.0. The predicted molar refractivity (Wildman–Crippen MR) is 95.5 cm³/mol. The second kappa shape index (κ2) is 9.17. The zero-order valence-corrected chi connectivity index (χ0v) is 15.7. The standard InChI is InChI=1S/C19H22F3N3O4/c20-19(21,22)18(27)29-25-13-24(11-15-7-4-8-23-10-15)16(26)9-17(25)28-12-14-5-2-1-3-6-14/h1-3,5-6,9,15,23H,4,7-8,10-13H2. The molecule has 2 aliphatic heterocycles. The summed E-state index contributed by atoms with van der Waals surface area (Å²) in [4.78, 5) is 29.7. The van der Waals surface area contributed by atoms with E-state index in [-0.39, 0.29) is 25.1 Å². The topological polar surface area (TPSA) is 71.1 Å². The summed E-state index contributed by atoms with van der Waals surface area (Å²) in [6.45, 7) is 1.63. The average molecular weight is 413 g/mol. The summed E-state index contributed by atoms with van der Waals surface area (Å²) in [5.74, 6) is -2.85. The van der Waals surface area contributed by atoms with Crippen molar-refractivity contribution in [2.75, 3.05) is 26.3 Å². The molecule has 29 heavy (non-hydrogen) atoms. The molecule has 7 nitrogen and oxygen atoms in total. The van der Waals surface area contributed by atoms with Gasteiger partial charge in [0.25, 0.3) is 5.91 Å². The molecule has 2 heterocycles. The molecule has 2 aliphatic rings. The van der Waals surface area contributed by atoms with Gasteiger partial charge < -0.3 is 19.8 Å². The second-order valence-corrected chi connectivity index (χ2v) is 6.93. The van der Waals surface area contributed by atoms with Crippen molar-refractivity contribution < 1.29 is 32.3 Å². The van der Waals surface area contributed by atoms with Crippen LogP contribution >= 0.6 is 0 Å². The van der Waals surface area contributed by atoms with Crippen LogP contribution in [0.3, 0.4) is 0 Å². The third kappa shape index (κ3) is 5.86. The fourth-order valence-electron chi connectivity index (χ4n) is 3.17. The van der Waals surface area contributed by atoms with Crippen LogP contribution in [-0.4, -0.2) is 54.3 Å². The highest BCUT2D eigenvalue weighted by molar-refractivity contribution is 5.88. The third-order valence-electron chi connectivity index (χ3n) is 4.64. The van der Waals surface area contributed by atoms with Crippen LogP contribution in [0.25, 0.3) is 0 Å². The van der Waals surface area contributed by atoms with E-state index in [2.05, 4.69) is 10.2 Å². The number of benzene rings is 1. The lowest BCUT2D eigenvalue weighted by Gasteiger charge is -2.36. The Bertz CT molecular complexity index is 749. The number of ether oxygens (including phenoxy) is 1. The van der Waals surface area contributed by atoms with E-state index in [0.717, 1.165) is 31.0 Å². The Morgan fingerprint density at radius 3 is 2.66 bits per heavy atom. The van der Waals surface area contributed by atoms with Gasteiger partial charge in [-0.05, 0) is 37.4 Å². The Hall–Kier alpha value is -2.75. The van der Waals surface area contributed by atoms with Crippen LogP contribution in [0.15, 0.2) is 42.3 Å². The number of nitrogens with zero attached hydrogens (tertiary/aromatic N) is 2. The van der Waals surface area contributed by atoms with E-state index in [0.29, 0.717) is 18.2 Å². The predicted octanol–water partition coefficient (Wildman–Crippen LogP) is 2.17. The zero-order valence-electron chi connectivity index (χ0n) is 15.7. The van der Waals surface area contributed by atoms with Crippen LogP contribution < -0.4 is 5.32 Å². The van der Waals surface area contributed by atoms with Crippen LogP contribution in [0.1, 0.15) is 18.4 Å². The molecule has 158 valence electrons. The minimum absolute atomic E-state index is 0.00651. The van der Waals surface area contributed by atoms with Crippen molar-refractivity contribution in [1.82, 2.24) is 15.3 Å². The molecule has 10 heteroatoms. The Morgan fingerprint density at radius 2 is 2.00 bits per heavy atom. The number of alkyl halides is 3. The van der Waals surface area contributed by atoms with Crippen molar-refractivity contribution in [3.63, 3.8) is 0 Å². The molecule has 0 bridgehead atoms. The molecule has 0 radical (unpaired) electrons. The summed E-state index contributed by atoms with van der Waals surface area (Å²) in [7, 11) is 0. The lowest BCUT2D eigenvalue weighted by Crippen LogP contribution is -2.50. The van der Waals surface area contributed by atoms with Crippen LogP contribution in [-0.2, 0) is 25.8 Å².